The van der Waals surface area contributed by atoms with Gasteiger partial charge in [0.1, 0.15) is 6.10 Å². The lowest BCUT2D eigenvalue weighted by atomic mass is 9.86. The van der Waals surface area contributed by atoms with Crippen LogP contribution in [0.15, 0.2) is 47.3 Å². The number of furan rings is 1. The molecule has 2 atom stereocenters. The van der Waals surface area contributed by atoms with Gasteiger partial charge in [0.05, 0.1) is 18.6 Å². The fourth-order valence-corrected chi connectivity index (χ4v) is 4.79. The first-order valence-electron chi connectivity index (χ1n) is 9.59. The van der Waals surface area contributed by atoms with E-state index >= 15 is 0 Å². The van der Waals surface area contributed by atoms with Gasteiger partial charge >= 0.3 is 6.09 Å². The highest BCUT2D eigenvalue weighted by Gasteiger charge is 2.39. The normalized spacial score (nSPS) is 30.1. The topological polar surface area (TPSA) is 45.9 Å². The molecule has 1 aromatic carbocycles. The van der Waals surface area contributed by atoms with Crippen molar-refractivity contribution in [1.82, 2.24) is 9.80 Å². The van der Waals surface area contributed by atoms with Crippen molar-refractivity contribution in [1.29, 1.82) is 0 Å². The summed E-state index contributed by atoms with van der Waals surface area (Å²) in [6.07, 6.45) is 6.40. The van der Waals surface area contributed by atoms with Crippen molar-refractivity contribution in [2.45, 2.75) is 31.4 Å². The molecule has 2 aromatic rings. The van der Waals surface area contributed by atoms with Crippen LogP contribution in [-0.2, 0) is 11.2 Å². The third-order valence-corrected chi connectivity index (χ3v) is 6.23. The van der Waals surface area contributed by atoms with Crippen molar-refractivity contribution in [3.8, 4) is 0 Å². The molecule has 2 bridgehead atoms. The van der Waals surface area contributed by atoms with E-state index in [1.807, 2.05) is 17.0 Å². The lowest BCUT2D eigenvalue weighted by Crippen LogP contribution is -2.53. The zero-order chi connectivity index (χ0) is 17.5. The molecule has 5 nitrogen and oxygen atoms in total. The third-order valence-electron chi connectivity index (χ3n) is 6.23. The highest BCUT2D eigenvalue weighted by atomic mass is 16.6. The Hall–Kier alpha value is -2.27. The number of benzene rings is 1. The van der Waals surface area contributed by atoms with E-state index in [0.29, 0.717) is 12.5 Å². The Kier molecular flexibility index (Phi) is 3.97. The maximum atomic E-state index is 13.1. The number of nitrogens with zero attached hydrogens (tertiary/aromatic N) is 2. The number of carbonyl (C=O) groups is 1. The summed E-state index contributed by atoms with van der Waals surface area (Å²) in [4.78, 5) is 17.4. The lowest BCUT2D eigenvalue weighted by molar-refractivity contribution is -0.0462. The number of amides is 1. The Morgan fingerprint density at radius 3 is 2.69 bits per heavy atom. The minimum atomic E-state index is -0.190. The zero-order valence-electron chi connectivity index (χ0n) is 14.8. The van der Waals surface area contributed by atoms with Crippen LogP contribution in [0.4, 0.5) is 4.79 Å². The second-order valence-electron chi connectivity index (χ2n) is 7.66. The molecule has 4 aliphatic heterocycles. The van der Waals surface area contributed by atoms with Gasteiger partial charge in [-0.1, -0.05) is 24.3 Å². The summed E-state index contributed by atoms with van der Waals surface area (Å²) in [6, 6.07) is 10.2. The van der Waals surface area contributed by atoms with Crippen LogP contribution in [0.5, 0.6) is 0 Å². The molecule has 1 amide bonds. The van der Waals surface area contributed by atoms with E-state index in [4.69, 9.17) is 9.15 Å². The number of carbonyl (C=O) groups excluding carboxylic acids is 1. The van der Waals surface area contributed by atoms with Gasteiger partial charge in [0.25, 0.3) is 0 Å². The summed E-state index contributed by atoms with van der Waals surface area (Å²) in [5.74, 6) is 0.522. The molecule has 6 rings (SSSR count). The number of hydrogen-bond donors (Lipinski definition) is 0. The summed E-state index contributed by atoms with van der Waals surface area (Å²) in [5.41, 5.74) is 3.47. The number of ether oxygens (including phenoxy) is 1. The van der Waals surface area contributed by atoms with Gasteiger partial charge < -0.3 is 9.15 Å². The van der Waals surface area contributed by atoms with Crippen molar-refractivity contribution in [2.75, 3.05) is 26.2 Å². The molecule has 0 aliphatic carbocycles. The van der Waals surface area contributed by atoms with Crippen LogP contribution in [0.25, 0.3) is 0 Å². The second kappa shape index (κ2) is 6.47. The average Bonchev–Trinajstić information content (AvgIpc) is 3.22. The van der Waals surface area contributed by atoms with Crippen LogP contribution in [-0.4, -0.2) is 48.2 Å². The zero-order valence-corrected chi connectivity index (χ0v) is 14.8. The molecule has 136 valence electrons. The van der Waals surface area contributed by atoms with E-state index in [-0.39, 0.29) is 18.2 Å². The van der Waals surface area contributed by atoms with Gasteiger partial charge in [-0.15, -0.1) is 0 Å². The number of piperidine rings is 3. The van der Waals surface area contributed by atoms with E-state index in [9.17, 15) is 4.79 Å². The van der Waals surface area contributed by atoms with Gasteiger partial charge in [-0.3, -0.25) is 9.80 Å². The molecule has 3 fully saturated rings. The summed E-state index contributed by atoms with van der Waals surface area (Å²) in [5, 5.41) is 0. The average molecular weight is 352 g/mol. The highest BCUT2D eigenvalue weighted by molar-refractivity contribution is 5.70. The smallest absolute Gasteiger partial charge is 0.410 e. The number of hydrogen-bond acceptors (Lipinski definition) is 4. The molecule has 3 saturated heterocycles. The molecular weight excluding hydrogens is 328 g/mol. The van der Waals surface area contributed by atoms with Crippen molar-refractivity contribution in [3.05, 3.63) is 59.5 Å². The predicted octanol–water partition coefficient (Wildman–Crippen LogP) is 3.46. The Morgan fingerprint density at radius 2 is 1.96 bits per heavy atom. The summed E-state index contributed by atoms with van der Waals surface area (Å²) in [6.45, 7) is 3.85. The first-order valence-corrected chi connectivity index (χ1v) is 9.59. The number of fused-ring (bicyclic) bond motifs is 4. The largest absolute Gasteiger partial charge is 0.472 e. The third kappa shape index (κ3) is 2.71. The standard InChI is InChI=1S/C21H24N2O3/c24-21(26-19-13-22-9-5-16(19)6-10-22)23-11-7-15-3-1-2-4-18(15)20(23)17-8-12-25-14-17/h1-4,8,12,14,16,19-20H,5-7,9-11,13H2/t19-,20+/m0/s1. The Labute approximate surface area is 153 Å². The quantitative estimate of drug-likeness (QED) is 0.830. The van der Waals surface area contributed by atoms with E-state index in [1.54, 1.807) is 12.5 Å². The molecule has 5 heteroatoms. The SMILES string of the molecule is O=C(O[C@H]1CN2CCC1CC2)N1CCc2ccccc2[C@H]1c1ccoc1. The first-order chi connectivity index (χ1) is 12.8. The molecular formula is C21H24N2O3. The van der Waals surface area contributed by atoms with E-state index in [0.717, 1.165) is 44.5 Å². The Morgan fingerprint density at radius 1 is 1.12 bits per heavy atom. The van der Waals surface area contributed by atoms with Crippen LogP contribution >= 0.6 is 0 Å². The minimum Gasteiger partial charge on any atom is -0.472 e. The molecule has 26 heavy (non-hydrogen) atoms. The van der Waals surface area contributed by atoms with E-state index < -0.39 is 0 Å². The molecule has 4 aliphatic rings. The summed E-state index contributed by atoms with van der Waals surface area (Å²) < 4.78 is 11.3. The van der Waals surface area contributed by atoms with Crippen LogP contribution in [0.3, 0.4) is 0 Å². The van der Waals surface area contributed by atoms with Crippen molar-refractivity contribution >= 4 is 6.09 Å². The van der Waals surface area contributed by atoms with Crippen LogP contribution < -0.4 is 0 Å². The van der Waals surface area contributed by atoms with Crippen molar-refractivity contribution in [3.63, 3.8) is 0 Å². The summed E-state index contributed by atoms with van der Waals surface area (Å²) in [7, 11) is 0. The van der Waals surface area contributed by atoms with Gasteiger partial charge in [0, 0.05) is 18.7 Å². The van der Waals surface area contributed by atoms with Gasteiger partial charge in [-0.05, 0) is 55.5 Å². The molecule has 0 saturated carbocycles. The number of rotatable bonds is 2. The molecule has 0 N–H and O–H groups in total. The van der Waals surface area contributed by atoms with Crippen LogP contribution in [0.2, 0.25) is 0 Å². The van der Waals surface area contributed by atoms with Crippen molar-refractivity contribution in [2.24, 2.45) is 5.92 Å². The fourth-order valence-electron chi connectivity index (χ4n) is 4.79. The second-order valence-corrected chi connectivity index (χ2v) is 7.66. The molecule has 0 radical (unpaired) electrons. The monoisotopic (exact) mass is 352 g/mol. The van der Waals surface area contributed by atoms with Crippen molar-refractivity contribution < 1.29 is 13.9 Å². The van der Waals surface area contributed by atoms with Crippen LogP contribution in [0, 0.1) is 5.92 Å². The van der Waals surface area contributed by atoms with Gasteiger partial charge in [0.2, 0.25) is 0 Å². The van der Waals surface area contributed by atoms with Gasteiger partial charge in [-0.2, -0.15) is 0 Å². The fraction of sp³-hybridized carbons (Fsp3) is 0.476. The van der Waals surface area contributed by atoms with Crippen LogP contribution in [0.1, 0.15) is 35.6 Å². The lowest BCUT2D eigenvalue weighted by Gasteiger charge is -2.45. The maximum Gasteiger partial charge on any atom is 0.410 e. The van der Waals surface area contributed by atoms with Gasteiger partial charge in [-0.25, -0.2) is 4.79 Å². The molecule has 0 unspecified atom stereocenters. The molecule has 0 spiro atoms. The Bertz CT molecular complexity index is 780. The predicted molar refractivity (Wildman–Crippen MR) is 96.8 cm³/mol. The first kappa shape index (κ1) is 15.9. The minimum absolute atomic E-state index is 0.0344. The highest BCUT2D eigenvalue weighted by Crippen LogP contribution is 2.37. The molecule has 5 heterocycles. The molecule has 1 aromatic heterocycles. The van der Waals surface area contributed by atoms with E-state index in [1.165, 1.54) is 11.1 Å². The Balaban J connectivity index is 1.41. The summed E-state index contributed by atoms with van der Waals surface area (Å²) >= 11 is 0. The van der Waals surface area contributed by atoms with E-state index in [2.05, 4.69) is 23.1 Å². The van der Waals surface area contributed by atoms with Gasteiger partial charge in [0.15, 0.2) is 0 Å². The maximum absolute atomic E-state index is 13.1.